The van der Waals surface area contributed by atoms with Crippen LogP contribution in [-0.2, 0) is 11.3 Å². The van der Waals surface area contributed by atoms with Crippen molar-refractivity contribution in [2.45, 2.75) is 19.9 Å². The summed E-state index contributed by atoms with van der Waals surface area (Å²) in [5.74, 6) is -0.473. The van der Waals surface area contributed by atoms with Gasteiger partial charge in [0.2, 0.25) is 0 Å². The summed E-state index contributed by atoms with van der Waals surface area (Å²) in [4.78, 5) is 33.8. The van der Waals surface area contributed by atoms with Crippen molar-refractivity contribution >= 4 is 34.7 Å². The number of nitriles is 1. The average molecular weight is 479 g/mol. The fraction of sp³-hybridized carbons (Fsp3) is 0.208. The smallest absolute Gasteiger partial charge is 0.275 e. The lowest BCUT2D eigenvalue weighted by atomic mass is 9.97. The van der Waals surface area contributed by atoms with Gasteiger partial charge in [0.1, 0.15) is 23.2 Å². The minimum absolute atomic E-state index is 0.0394. The molecule has 1 aliphatic heterocycles. The van der Waals surface area contributed by atoms with E-state index in [1.54, 1.807) is 24.3 Å². The van der Waals surface area contributed by atoms with Gasteiger partial charge in [0.05, 0.1) is 22.6 Å². The number of hydrogen-bond donors (Lipinski definition) is 2. The van der Waals surface area contributed by atoms with Crippen molar-refractivity contribution in [3.05, 3.63) is 81.1 Å². The molecule has 1 saturated heterocycles. The van der Waals surface area contributed by atoms with Crippen LogP contribution in [0.4, 0.5) is 15.9 Å². The number of rotatable bonds is 5. The molecule has 3 aromatic rings. The minimum atomic E-state index is -0.614. The molecule has 172 valence electrons. The van der Waals surface area contributed by atoms with E-state index in [2.05, 4.69) is 20.6 Å². The normalized spacial score (nSPS) is 16.7. The Balaban J connectivity index is 1.69. The SMILES string of the molecule is CC1CCNC(=O)C1=Nc1cc(-n2ccc(NCc3ccccc3F)c(C#N)c2=O)c(Cl)cn1. The number of carbonyl (C=O) groups excluding carboxylic acids is 1. The standard InChI is InChI=1S/C24H20ClFN6O2/c1-14-6-8-28-23(33)22(14)31-21-10-20(17(25)13-30-21)32-9-7-19(16(11-27)24(32)34)29-12-15-4-2-3-5-18(15)26/h2-5,7,9-10,13-14,29H,6,8,12H2,1H3,(H,28,33). The second-order valence-electron chi connectivity index (χ2n) is 7.77. The van der Waals surface area contributed by atoms with E-state index in [-0.39, 0.29) is 52.0 Å². The number of nitrogens with zero attached hydrogens (tertiary/aromatic N) is 4. The van der Waals surface area contributed by atoms with E-state index in [0.717, 1.165) is 6.42 Å². The lowest BCUT2D eigenvalue weighted by Crippen LogP contribution is -2.41. The molecule has 2 aromatic heterocycles. The Morgan fingerprint density at radius 2 is 2.15 bits per heavy atom. The second kappa shape index (κ2) is 9.85. The summed E-state index contributed by atoms with van der Waals surface area (Å²) >= 11 is 6.31. The van der Waals surface area contributed by atoms with E-state index in [1.165, 1.54) is 29.1 Å². The lowest BCUT2D eigenvalue weighted by molar-refractivity contribution is -0.115. The average Bonchev–Trinajstić information content (AvgIpc) is 2.82. The Hall–Kier alpha value is -4.03. The Bertz CT molecular complexity index is 1390. The summed E-state index contributed by atoms with van der Waals surface area (Å²) < 4.78 is 15.1. The fourth-order valence-corrected chi connectivity index (χ4v) is 3.81. The highest BCUT2D eigenvalue weighted by Crippen LogP contribution is 2.25. The van der Waals surface area contributed by atoms with E-state index >= 15 is 0 Å². The van der Waals surface area contributed by atoms with E-state index in [0.29, 0.717) is 17.8 Å². The molecule has 0 saturated carbocycles. The number of hydrogen-bond acceptors (Lipinski definition) is 6. The molecular formula is C24H20ClFN6O2. The molecule has 0 aliphatic carbocycles. The van der Waals surface area contributed by atoms with Crippen LogP contribution in [0.2, 0.25) is 5.02 Å². The predicted molar refractivity (Wildman–Crippen MR) is 127 cm³/mol. The van der Waals surface area contributed by atoms with Crippen molar-refractivity contribution in [2.24, 2.45) is 10.9 Å². The van der Waals surface area contributed by atoms with Crippen molar-refractivity contribution in [1.82, 2.24) is 14.9 Å². The highest BCUT2D eigenvalue weighted by atomic mass is 35.5. The number of nitrogens with one attached hydrogen (secondary N) is 2. The second-order valence-corrected chi connectivity index (χ2v) is 8.18. The number of anilines is 1. The van der Waals surface area contributed by atoms with Gasteiger partial charge in [0.25, 0.3) is 11.5 Å². The lowest BCUT2D eigenvalue weighted by Gasteiger charge is -2.20. The number of aliphatic imine (C=N–C) groups is 1. The van der Waals surface area contributed by atoms with Gasteiger partial charge in [-0.15, -0.1) is 0 Å². The first kappa shape index (κ1) is 23.1. The third-order valence-corrected chi connectivity index (χ3v) is 5.80. The first-order valence-corrected chi connectivity index (χ1v) is 10.9. The number of carbonyl (C=O) groups is 1. The maximum Gasteiger partial charge on any atom is 0.275 e. The molecule has 34 heavy (non-hydrogen) atoms. The zero-order chi connectivity index (χ0) is 24.2. The largest absolute Gasteiger partial charge is 0.380 e. The first-order valence-electron chi connectivity index (χ1n) is 10.5. The van der Waals surface area contributed by atoms with E-state index in [9.17, 15) is 19.2 Å². The number of pyridine rings is 2. The number of aromatic nitrogens is 2. The zero-order valence-corrected chi connectivity index (χ0v) is 18.9. The maximum absolute atomic E-state index is 13.9. The van der Waals surface area contributed by atoms with Gasteiger partial charge >= 0.3 is 0 Å². The molecule has 0 spiro atoms. The van der Waals surface area contributed by atoms with Gasteiger partial charge in [0.15, 0.2) is 5.82 Å². The van der Waals surface area contributed by atoms with E-state index < -0.39 is 5.56 Å². The van der Waals surface area contributed by atoms with Crippen LogP contribution in [0.3, 0.4) is 0 Å². The van der Waals surface area contributed by atoms with Crippen molar-refractivity contribution in [2.75, 3.05) is 11.9 Å². The number of benzene rings is 1. The summed E-state index contributed by atoms with van der Waals surface area (Å²) in [6.45, 7) is 2.59. The monoisotopic (exact) mass is 478 g/mol. The molecule has 10 heteroatoms. The molecule has 0 bridgehead atoms. The van der Waals surface area contributed by atoms with Gasteiger partial charge in [-0.25, -0.2) is 14.4 Å². The van der Waals surface area contributed by atoms with Gasteiger partial charge in [-0.05, 0) is 18.6 Å². The van der Waals surface area contributed by atoms with Crippen LogP contribution in [0.15, 0.2) is 58.6 Å². The van der Waals surface area contributed by atoms with Crippen LogP contribution < -0.4 is 16.2 Å². The van der Waals surface area contributed by atoms with Gasteiger partial charge in [-0.2, -0.15) is 5.26 Å². The summed E-state index contributed by atoms with van der Waals surface area (Å²) in [5, 5.41) is 15.5. The van der Waals surface area contributed by atoms with Gasteiger partial charge < -0.3 is 10.6 Å². The Morgan fingerprint density at radius 3 is 2.88 bits per heavy atom. The van der Waals surface area contributed by atoms with Crippen molar-refractivity contribution in [1.29, 1.82) is 5.26 Å². The molecule has 4 rings (SSSR count). The van der Waals surface area contributed by atoms with Crippen molar-refractivity contribution in [3.63, 3.8) is 0 Å². The molecule has 1 amide bonds. The minimum Gasteiger partial charge on any atom is -0.380 e. The van der Waals surface area contributed by atoms with E-state index in [4.69, 9.17) is 11.6 Å². The summed E-state index contributed by atoms with van der Waals surface area (Å²) in [6, 6.07) is 11.2. The third kappa shape index (κ3) is 4.67. The fourth-order valence-electron chi connectivity index (χ4n) is 3.61. The molecule has 0 radical (unpaired) electrons. The Labute approximate surface area is 199 Å². The molecule has 3 heterocycles. The van der Waals surface area contributed by atoms with Crippen molar-refractivity contribution < 1.29 is 9.18 Å². The molecule has 1 aliphatic rings. The topological polar surface area (TPSA) is 112 Å². The Morgan fingerprint density at radius 1 is 1.35 bits per heavy atom. The summed E-state index contributed by atoms with van der Waals surface area (Å²) in [5.41, 5.74) is 0.519. The first-order chi connectivity index (χ1) is 16.4. The Kier molecular flexibility index (Phi) is 6.70. The number of halogens is 2. The van der Waals surface area contributed by atoms with Crippen LogP contribution in [0.1, 0.15) is 24.5 Å². The highest BCUT2D eigenvalue weighted by Gasteiger charge is 2.24. The summed E-state index contributed by atoms with van der Waals surface area (Å²) in [6.07, 6.45) is 3.56. The van der Waals surface area contributed by atoms with Crippen LogP contribution >= 0.6 is 11.6 Å². The molecule has 1 unspecified atom stereocenters. The van der Waals surface area contributed by atoms with Gasteiger partial charge in [-0.1, -0.05) is 36.7 Å². The zero-order valence-electron chi connectivity index (χ0n) is 18.2. The number of piperidine rings is 1. The van der Waals surface area contributed by atoms with Crippen LogP contribution in [0, 0.1) is 23.1 Å². The molecule has 8 nitrogen and oxygen atoms in total. The molecule has 1 atom stereocenters. The maximum atomic E-state index is 13.9. The molecule has 2 N–H and O–H groups in total. The highest BCUT2D eigenvalue weighted by molar-refractivity contribution is 6.40. The van der Waals surface area contributed by atoms with Crippen LogP contribution in [-0.4, -0.2) is 27.7 Å². The molecule has 1 aromatic carbocycles. The van der Waals surface area contributed by atoms with E-state index in [1.807, 2.05) is 13.0 Å². The molecular weight excluding hydrogens is 459 g/mol. The summed E-state index contributed by atoms with van der Waals surface area (Å²) in [7, 11) is 0. The van der Waals surface area contributed by atoms with Crippen LogP contribution in [0.25, 0.3) is 5.69 Å². The predicted octanol–water partition coefficient (Wildman–Crippen LogP) is 3.74. The van der Waals surface area contributed by atoms with Crippen molar-refractivity contribution in [3.8, 4) is 11.8 Å². The quantitative estimate of drug-likeness (QED) is 0.580. The van der Waals surface area contributed by atoms with Gasteiger partial charge in [-0.3, -0.25) is 14.2 Å². The van der Waals surface area contributed by atoms with Crippen LogP contribution in [0.5, 0.6) is 0 Å². The van der Waals surface area contributed by atoms with Gasteiger partial charge in [0, 0.05) is 36.8 Å². The molecule has 1 fully saturated rings. The third-order valence-electron chi connectivity index (χ3n) is 5.51. The number of amides is 1.